The van der Waals surface area contributed by atoms with Gasteiger partial charge in [-0.3, -0.25) is 9.59 Å². The molecular weight excluding hydrogens is 428 g/mol. The fourth-order valence-corrected chi connectivity index (χ4v) is 3.70. The number of aryl methyl sites for hydroxylation is 1. The summed E-state index contributed by atoms with van der Waals surface area (Å²) in [5.41, 5.74) is 1.77. The second-order valence-corrected chi connectivity index (χ2v) is 7.75. The third-order valence-corrected chi connectivity index (χ3v) is 5.46. The number of hydrogen-bond donors (Lipinski definition) is 2. The first-order valence-electron chi connectivity index (χ1n) is 11.1. The van der Waals surface area contributed by atoms with E-state index >= 15 is 0 Å². The Morgan fingerprint density at radius 1 is 0.941 bits per heavy atom. The van der Waals surface area contributed by atoms with Crippen molar-refractivity contribution in [1.82, 2.24) is 10.6 Å². The third-order valence-electron chi connectivity index (χ3n) is 5.46. The summed E-state index contributed by atoms with van der Waals surface area (Å²) in [4.78, 5) is 25.6. The summed E-state index contributed by atoms with van der Waals surface area (Å²) < 4.78 is 10.5. The average Bonchev–Trinajstić information content (AvgIpc) is 3.39. The molecule has 6 heteroatoms. The van der Waals surface area contributed by atoms with Crippen molar-refractivity contribution in [3.63, 3.8) is 0 Å². The quantitative estimate of drug-likeness (QED) is 0.277. The van der Waals surface area contributed by atoms with Gasteiger partial charge >= 0.3 is 0 Å². The van der Waals surface area contributed by atoms with E-state index in [-0.39, 0.29) is 11.6 Å². The zero-order valence-corrected chi connectivity index (χ0v) is 18.9. The molecule has 4 rings (SSSR count). The largest absolute Gasteiger partial charge is 0.497 e. The van der Waals surface area contributed by atoms with Crippen LogP contribution in [0.25, 0.3) is 16.8 Å². The van der Waals surface area contributed by atoms with E-state index in [0.29, 0.717) is 23.6 Å². The summed E-state index contributed by atoms with van der Waals surface area (Å²) in [7, 11) is 1.56. The second-order valence-electron chi connectivity index (χ2n) is 7.75. The van der Waals surface area contributed by atoms with Gasteiger partial charge in [-0.25, -0.2) is 0 Å². The molecule has 0 fully saturated rings. The van der Waals surface area contributed by atoms with Crippen LogP contribution in [0.4, 0.5) is 0 Å². The van der Waals surface area contributed by atoms with Crippen molar-refractivity contribution < 1.29 is 18.7 Å². The molecule has 6 nitrogen and oxygen atoms in total. The van der Waals surface area contributed by atoms with E-state index in [9.17, 15) is 9.59 Å². The van der Waals surface area contributed by atoms with Crippen LogP contribution < -0.4 is 15.4 Å². The van der Waals surface area contributed by atoms with Crippen LogP contribution in [0.1, 0.15) is 28.1 Å². The lowest BCUT2D eigenvalue weighted by Gasteiger charge is -2.12. The maximum Gasteiger partial charge on any atom is 0.267 e. The minimum absolute atomic E-state index is 0.112. The molecule has 0 aliphatic rings. The number of fused-ring (bicyclic) bond motifs is 1. The van der Waals surface area contributed by atoms with E-state index in [1.54, 1.807) is 43.5 Å². The zero-order chi connectivity index (χ0) is 23.8. The van der Waals surface area contributed by atoms with Crippen molar-refractivity contribution in [3.8, 4) is 5.75 Å². The highest BCUT2D eigenvalue weighted by atomic mass is 16.5. The fraction of sp³-hybridized carbons (Fsp3) is 0.143. The highest BCUT2D eigenvalue weighted by Gasteiger charge is 2.15. The Labute approximate surface area is 198 Å². The lowest BCUT2D eigenvalue weighted by atomic mass is 10.0. The number of amides is 2. The van der Waals surface area contributed by atoms with Gasteiger partial charge in [-0.1, -0.05) is 42.5 Å². The Kier molecular flexibility index (Phi) is 7.40. The van der Waals surface area contributed by atoms with Crippen LogP contribution in [0.2, 0.25) is 0 Å². The number of nitrogens with one attached hydrogen (secondary N) is 2. The predicted octanol–water partition coefficient (Wildman–Crippen LogP) is 4.96. The fourth-order valence-electron chi connectivity index (χ4n) is 3.70. The summed E-state index contributed by atoms with van der Waals surface area (Å²) in [5, 5.41) is 8.03. The van der Waals surface area contributed by atoms with Gasteiger partial charge < -0.3 is 19.8 Å². The smallest absolute Gasteiger partial charge is 0.267 e. The zero-order valence-electron chi connectivity index (χ0n) is 18.9. The number of benzene rings is 3. The summed E-state index contributed by atoms with van der Waals surface area (Å²) in [6.07, 6.45) is 4.62. The van der Waals surface area contributed by atoms with E-state index in [2.05, 4.69) is 41.0 Å². The molecule has 172 valence electrons. The Morgan fingerprint density at radius 2 is 1.74 bits per heavy atom. The lowest BCUT2D eigenvalue weighted by Crippen LogP contribution is -2.35. The molecule has 2 N–H and O–H groups in total. The molecule has 0 bridgehead atoms. The summed E-state index contributed by atoms with van der Waals surface area (Å²) in [6, 6.07) is 24.6. The Hall–Kier alpha value is -4.32. The minimum Gasteiger partial charge on any atom is -0.497 e. The van der Waals surface area contributed by atoms with Crippen molar-refractivity contribution in [2.75, 3.05) is 13.7 Å². The number of rotatable bonds is 9. The van der Waals surface area contributed by atoms with Crippen LogP contribution in [0.5, 0.6) is 5.75 Å². The number of carbonyl (C=O) groups excluding carboxylic acids is 2. The van der Waals surface area contributed by atoms with Gasteiger partial charge in [0.25, 0.3) is 11.8 Å². The first kappa shape index (κ1) is 22.9. The summed E-state index contributed by atoms with van der Waals surface area (Å²) in [5.74, 6) is 0.338. The molecule has 1 heterocycles. The van der Waals surface area contributed by atoms with Crippen LogP contribution in [-0.4, -0.2) is 25.5 Å². The van der Waals surface area contributed by atoms with Gasteiger partial charge in [-0.2, -0.15) is 0 Å². The highest BCUT2D eigenvalue weighted by molar-refractivity contribution is 6.05. The predicted molar refractivity (Wildman–Crippen MR) is 132 cm³/mol. The molecule has 1 aromatic heterocycles. The molecule has 0 aliphatic heterocycles. The topological polar surface area (TPSA) is 80.6 Å². The second kappa shape index (κ2) is 11.0. The average molecular weight is 455 g/mol. The highest BCUT2D eigenvalue weighted by Crippen LogP contribution is 2.19. The van der Waals surface area contributed by atoms with Crippen molar-refractivity contribution in [3.05, 3.63) is 108 Å². The SMILES string of the molecule is COc1ccc(C(=O)N/C(=C\c2ccco2)C(=O)NCCCc2cccc3ccccc23)cc1. The number of ether oxygens (including phenoxy) is 1. The molecular formula is C28H26N2O4. The van der Waals surface area contributed by atoms with E-state index < -0.39 is 5.91 Å². The number of methoxy groups -OCH3 is 1. The van der Waals surface area contributed by atoms with E-state index in [1.807, 2.05) is 12.1 Å². The van der Waals surface area contributed by atoms with Crippen LogP contribution in [0.3, 0.4) is 0 Å². The van der Waals surface area contributed by atoms with Crippen molar-refractivity contribution in [2.24, 2.45) is 0 Å². The van der Waals surface area contributed by atoms with Crippen molar-refractivity contribution >= 4 is 28.7 Å². The Balaban J connectivity index is 1.39. The van der Waals surface area contributed by atoms with Crippen molar-refractivity contribution in [1.29, 1.82) is 0 Å². The molecule has 34 heavy (non-hydrogen) atoms. The van der Waals surface area contributed by atoms with Gasteiger partial charge in [0.2, 0.25) is 0 Å². The normalized spacial score (nSPS) is 11.3. The van der Waals surface area contributed by atoms with Crippen LogP contribution in [0.15, 0.2) is 95.2 Å². The van der Waals surface area contributed by atoms with E-state index in [4.69, 9.17) is 9.15 Å². The molecule has 0 saturated heterocycles. The minimum atomic E-state index is -0.397. The number of hydrogen-bond acceptors (Lipinski definition) is 4. The maximum absolute atomic E-state index is 12.9. The molecule has 0 saturated carbocycles. The molecule has 4 aromatic rings. The van der Waals surface area contributed by atoms with Gasteiger partial charge in [0.15, 0.2) is 0 Å². The van der Waals surface area contributed by atoms with E-state index in [0.717, 1.165) is 12.8 Å². The summed E-state index contributed by atoms with van der Waals surface area (Å²) in [6.45, 7) is 0.468. The van der Waals surface area contributed by atoms with Crippen LogP contribution >= 0.6 is 0 Å². The standard InChI is InChI=1S/C28H26N2O4/c1-33-23-15-13-22(14-16-23)27(31)30-26(19-24-11-6-18-34-24)28(32)29-17-5-10-21-9-4-8-20-7-2-3-12-25(20)21/h2-4,6-9,11-16,18-19H,5,10,17H2,1H3,(H,29,32)(H,30,31)/b26-19-. The van der Waals surface area contributed by atoms with Crippen LogP contribution in [-0.2, 0) is 11.2 Å². The van der Waals surface area contributed by atoms with Crippen molar-refractivity contribution in [2.45, 2.75) is 12.8 Å². The number of furan rings is 1. The molecule has 0 atom stereocenters. The Morgan fingerprint density at radius 3 is 2.50 bits per heavy atom. The van der Waals surface area contributed by atoms with Gasteiger partial charge in [-0.15, -0.1) is 0 Å². The molecule has 0 radical (unpaired) electrons. The van der Waals surface area contributed by atoms with E-state index in [1.165, 1.54) is 28.7 Å². The molecule has 2 amide bonds. The Bertz CT molecular complexity index is 1290. The monoisotopic (exact) mass is 454 g/mol. The van der Waals surface area contributed by atoms with Gasteiger partial charge in [0, 0.05) is 18.2 Å². The van der Waals surface area contributed by atoms with Crippen LogP contribution in [0, 0.1) is 0 Å². The first-order chi connectivity index (χ1) is 16.6. The molecule has 0 aliphatic carbocycles. The van der Waals surface area contributed by atoms with Gasteiger partial charge in [0.05, 0.1) is 13.4 Å². The molecule has 0 unspecified atom stereocenters. The van der Waals surface area contributed by atoms with Gasteiger partial charge in [-0.05, 0) is 65.6 Å². The maximum atomic E-state index is 12.9. The van der Waals surface area contributed by atoms with Gasteiger partial charge in [0.1, 0.15) is 17.2 Å². The molecule has 3 aromatic carbocycles. The third kappa shape index (κ3) is 5.72. The molecule has 0 spiro atoms. The summed E-state index contributed by atoms with van der Waals surface area (Å²) >= 11 is 0. The first-order valence-corrected chi connectivity index (χ1v) is 11.1. The number of carbonyl (C=O) groups is 2. The lowest BCUT2D eigenvalue weighted by molar-refractivity contribution is -0.117.